The van der Waals surface area contributed by atoms with Crippen LogP contribution in [0.1, 0.15) is 37.8 Å². The average Bonchev–Trinajstić information content (AvgIpc) is 2.44. The second-order valence-corrected chi connectivity index (χ2v) is 5.82. The Morgan fingerprint density at radius 3 is 2.70 bits per heavy atom. The van der Waals surface area contributed by atoms with E-state index in [1.807, 2.05) is 6.92 Å². The first-order chi connectivity index (χ1) is 9.58. The number of rotatable bonds is 8. The summed E-state index contributed by atoms with van der Waals surface area (Å²) >= 11 is 3.53. The lowest BCUT2D eigenvalue weighted by Crippen LogP contribution is -2.40. The SMILES string of the molecule is CCCN[C@@H](Cc1ccc(C)c(Br)c1)C(=O)OCCC. The van der Waals surface area contributed by atoms with Gasteiger partial charge >= 0.3 is 5.97 Å². The molecule has 1 aromatic rings. The highest BCUT2D eigenvalue weighted by Crippen LogP contribution is 2.18. The van der Waals surface area contributed by atoms with Gasteiger partial charge in [-0.05, 0) is 49.9 Å². The number of carbonyl (C=O) groups is 1. The molecule has 4 heteroatoms. The van der Waals surface area contributed by atoms with Gasteiger partial charge in [-0.25, -0.2) is 0 Å². The fourth-order valence-electron chi connectivity index (χ4n) is 1.86. The molecular formula is C16H24BrNO2. The normalized spacial score (nSPS) is 12.2. The molecule has 0 saturated carbocycles. The highest BCUT2D eigenvalue weighted by molar-refractivity contribution is 9.10. The Balaban J connectivity index is 2.71. The zero-order valence-electron chi connectivity index (χ0n) is 12.5. The fourth-order valence-corrected chi connectivity index (χ4v) is 2.29. The number of benzene rings is 1. The van der Waals surface area contributed by atoms with E-state index in [1.54, 1.807) is 0 Å². The number of nitrogens with one attached hydrogen (secondary N) is 1. The van der Waals surface area contributed by atoms with Gasteiger partial charge in [-0.1, -0.05) is 41.9 Å². The highest BCUT2D eigenvalue weighted by Gasteiger charge is 2.19. The van der Waals surface area contributed by atoms with Crippen LogP contribution in [0.25, 0.3) is 0 Å². The molecule has 3 nitrogen and oxygen atoms in total. The monoisotopic (exact) mass is 341 g/mol. The van der Waals surface area contributed by atoms with E-state index in [1.165, 1.54) is 5.56 Å². The summed E-state index contributed by atoms with van der Waals surface area (Å²) in [5.41, 5.74) is 2.32. The maximum absolute atomic E-state index is 12.1. The molecule has 20 heavy (non-hydrogen) atoms. The smallest absolute Gasteiger partial charge is 0.323 e. The molecule has 0 aliphatic heterocycles. The molecular weight excluding hydrogens is 318 g/mol. The van der Waals surface area contributed by atoms with Crippen molar-refractivity contribution in [3.8, 4) is 0 Å². The van der Waals surface area contributed by atoms with Gasteiger partial charge in [0.15, 0.2) is 0 Å². The molecule has 112 valence electrons. The van der Waals surface area contributed by atoms with Crippen LogP contribution in [-0.2, 0) is 16.0 Å². The van der Waals surface area contributed by atoms with E-state index < -0.39 is 0 Å². The first-order valence-electron chi connectivity index (χ1n) is 7.23. The van der Waals surface area contributed by atoms with Crippen molar-refractivity contribution in [1.82, 2.24) is 5.32 Å². The van der Waals surface area contributed by atoms with Crippen molar-refractivity contribution in [1.29, 1.82) is 0 Å². The third kappa shape index (κ3) is 5.63. The molecule has 0 heterocycles. The molecule has 0 radical (unpaired) electrons. The summed E-state index contributed by atoms with van der Waals surface area (Å²) in [7, 11) is 0. The van der Waals surface area contributed by atoms with Crippen molar-refractivity contribution in [3.05, 3.63) is 33.8 Å². The van der Waals surface area contributed by atoms with Crippen LogP contribution in [0.3, 0.4) is 0 Å². The van der Waals surface area contributed by atoms with E-state index in [0.717, 1.165) is 29.4 Å². The number of ether oxygens (including phenoxy) is 1. The lowest BCUT2D eigenvalue weighted by Gasteiger charge is -2.17. The molecule has 0 unspecified atom stereocenters. The second kappa shape index (κ2) is 9.14. The molecule has 0 spiro atoms. The van der Waals surface area contributed by atoms with Gasteiger partial charge in [-0.15, -0.1) is 0 Å². The van der Waals surface area contributed by atoms with Gasteiger partial charge in [0.1, 0.15) is 6.04 Å². The zero-order chi connectivity index (χ0) is 15.0. The van der Waals surface area contributed by atoms with Gasteiger partial charge in [0, 0.05) is 4.47 Å². The number of hydrogen-bond donors (Lipinski definition) is 1. The van der Waals surface area contributed by atoms with Crippen molar-refractivity contribution >= 4 is 21.9 Å². The predicted molar refractivity (Wildman–Crippen MR) is 85.9 cm³/mol. The van der Waals surface area contributed by atoms with E-state index in [0.29, 0.717) is 13.0 Å². The topological polar surface area (TPSA) is 38.3 Å². The fraction of sp³-hybridized carbons (Fsp3) is 0.562. The first kappa shape index (κ1) is 17.2. The van der Waals surface area contributed by atoms with Crippen molar-refractivity contribution in [2.75, 3.05) is 13.2 Å². The van der Waals surface area contributed by atoms with Crippen LogP contribution in [-0.4, -0.2) is 25.2 Å². The van der Waals surface area contributed by atoms with E-state index in [2.05, 4.69) is 53.3 Å². The number of esters is 1. The number of hydrogen-bond acceptors (Lipinski definition) is 3. The first-order valence-corrected chi connectivity index (χ1v) is 8.02. The van der Waals surface area contributed by atoms with E-state index in [-0.39, 0.29) is 12.0 Å². The largest absolute Gasteiger partial charge is 0.465 e. The Morgan fingerprint density at radius 2 is 2.10 bits per heavy atom. The molecule has 0 aromatic heterocycles. The van der Waals surface area contributed by atoms with Crippen LogP contribution in [0.4, 0.5) is 0 Å². The van der Waals surface area contributed by atoms with Crippen molar-refractivity contribution in [3.63, 3.8) is 0 Å². The van der Waals surface area contributed by atoms with Crippen LogP contribution in [0, 0.1) is 6.92 Å². The zero-order valence-corrected chi connectivity index (χ0v) is 14.1. The summed E-state index contributed by atoms with van der Waals surface area (Å²) in [6.45, 7) is 7.44. The minimum absolute atomic E-state index is 0.156. The molecule has 0 fully saturated rings. The molecule has 0 saturated heterocycles. The molecule has 1 atom stereocenters. The molecule has 1 rings (SSSR count). The summed E-state index contributed by atoms with van der Waals surface area (Å²) in [4.78, 5) is 12.1. The van der Waals surface area contributed by atoms with E-state index >= 15 is 0 Å². The third-order valence-corrected chi connectivity index (χ3v) is 3.90. The Labute approximate surface area is 130 Å². The third-order valence-electron chi connectivity index (χ3n) is 3.05. The molecule has 1 N–H and O–H groups in total. The maximum Gasteiger partial charge on any atom is 0.323 e. The summed E-state index contributed by atoms with van der Waals surface area (Å²) in [6, 6.07) is 5.93. The molecule has 0 aliphatic rings. The Kier molecular flexibility index (Phi) is 7.85. The van der Waals surface area contributed by atoms with Crippen LogP contribution >= 0.6 is 15.9 Å². The summed E-state index contributed by atoms with van der Waals surface area (Å²) in [5, 5.41) is 3.27. The lowest BCUT2D eigenvalue weighted by molar-refractivity contribution is -0.146. The maximum atomic E-state index is 12.1. The minimum Gasteiger partial charge on any atom is -0.465 e. The quantitative estimate of drug-likeness (QED) is 0.734. The van der Waals surface area contributed by atoms with Gasteiger partial charge in [0.05, 0.1) is 6.61 Å². The van der Waals surface area contributed by atoms with E-state index in [9.17, 15) is 4.79 Å². The lowest BCUT2D eigenvalue weighted by atomic mass is 10.0. The van der Waals surface area contributed by atoms with Gasteiger partial charge in [0.25, 0.3) is 0 Å². The predicted octanol–water partition coefficient (Wildman–Crippen LogP) is 3.62. The van der Waals surface area contributed by atoms with Crippen LogP contribution in [0.15, 0.2) is 22.7 Å². The standard InChI is InChI=1S/C16H24BrNO2/c1-4-8-18-15(16(19)20-9-5-2)11-13-7-6-12(3)14(17)10-13/h6-7,10,15,18H,4-5,8-9,11H2,1-3H3/t15-/m0/s1. The van der Waals surface area contributed by atoms with Crippen LogP contribution in [0.2, 0.25) is 0 Å². The van der Waals surface area contributed by atoms with Gasteiger partial charge in [-0.3, -0.25) is 4.79 Å². The Morgan fingerprint density at radius 1 is 1.35 bits per heavy atom. The summed E-state index contributed by atoms with van der Waals surface area (Å²) in [6.07, 6.45) is 2.50. The summed E-state index contributed by atoms with van der Waals surface area (Å²) < 4.78 is 6.34. The van der Waals surface area contributed by atoms with Crippen LogP contribution < -0.4 is 5.32 Å². The second-order valence-electron chi connectivity index (χ2n) is 4.96. The van der Waals surface area contributed by atoms with Gasteiger partial charge < -0.3 is 10.1 Å². The molecule has 0 amide bonds. The summed E-state index contributed by atoms with van der Waals surface area (Å²) in [5.74, 6) is -0.156. The molecule has 1 aromatic carbocycles. The highest BCUT2D eigenvalue weighted by atomic mass is 79.9. The minimum atomic E-state index is -0.267. The Bertz CT molecular complexity index is 434. The number of halogens is 1. The molecule has 0 bridgehead atoms. The number of carbonyl (C=O) groups excluding carboxylic acids is 1. The van der Waals surface area contributed by atoms with Gasteiger partial charge in [0.2, 0.25) is 0 Å². The average molecular weight is 342 g/mol. The Hall–Kier alpha value is -0.870. The van der Waals surface area contributed by atoms with E-state index in [4.69, 9.17) is 4.74 Å². The van der Waals surface area contributed by atoms with Crippen molar-refractivity contribution in [2.24, 2.45) is 0 Å². The van der Waals surface area contributed by atoms with Crippen molar-refractivity contribution < 1.29 is 9.53 Å². The number of aryl methyl sites for hydroxylation is 1. The van der Waals surface area contributed by atoms with Crippen LogP contribution in [0.5, 0.6) is 0 Å². The van der Waals surface area contributed by atoms with Gasteiger partial charge in [-0.2, -0.15) is 0 Å². The van der Waals surface area contributed by atoms with Crippen molar-refractivity contribution in [2.45, 2.75) is 46.1 Å². The molecule has 0 aliphatic carbocycles.